The van der Waals surface area contributed by atoms with Gasteiger partial charge in [0.25, 0.3) is 0 Å². The molecular weight excluding hydrogens is 665 g/mol. The molecule has 0 spiro atoms. The van der Waals surface area contributed by atoms with Crippen molar-refractivity contribution in [2.24, 2.45) is 0 Å². The van der Waals surface area contributed by atoms with Gasteiger partial charge in [0, 0.05) is 16.7 Å². The fraction of sp³-hybridized carbons (Fsp3) is 0.0189. The molecule has 2 nitrogen and oxygen atoms in total. The van der Waals surface area contributed by atoms with E-state index in [1.165, 1.54) is 44.5 Å². The summed E-state index contributed by atoms with van der Waals surface area (Å²) < 4.78 is 0. The van der Waals surface area contributed by atoms with E-state index in [0.717, 1.165) is 39.2 Å². The second kappa shape index (κ2) is 13.7. The monoisotopic (exact) mass is 700 g/mol. The average molecular weight is 701 g/mol. The Labute approximate surface area is 322 Å². The summed E-state index contributed by atoms with van der Waals surface area (Å²) >= 11 is 0. The number of hydrogen-bond donors (Lipinski definition) is 0. The number of rotatable bonds is 7. The Balaban J connectivity index is 1.08. The number of nitrogens with zero attached hydrogens (tertiary/aromatic N) is 2. The molecule has 2 heteroatoms. The van der Waals surface area contributed by atoms with Crippen molar-refractivity contribution in [2.75, 3.05) is 0 Å². The molecule has 0 amide bonds. The van der Waals surface area contributed by atoms with Crippen molar-refractivity contribution in [1.82, 2.24) is 9.97 Å². The first-order chi connectivity index (χ1) is 27.3. The largest absolute Gasteiger partial charge is 0.228 e. The molecule has 0 radical (unpaired) electrons. The average Bonchev–Trinajstić information content (AvgIpc) is 3.58. The third kappa shape index (κ3) is 5.67. The lowest BCUT2D eigenvalue weighted by molar-refractivity contribution is 0.769. The minimum atomic E-state index is -0.441. The summed E-state index contributed by atoms with van der Waals surface area (Å²) in [6, 6.07) is 78.2. The summed E-state index contributed by atoms with van der Waals surface area (Å²) in [6.07, 6.45) is 0. The zero-order valence-electron chi connectivity index (χ0n) is 30.2. The fourth-order valence-corrected chi connectivity index (χ4v) is 8.43. The van der Waals surface area contributed by atoms with Crippen LogP contribution in [-0.2, 0) is 5.41 Å². The SMILES string of the molecule is c1ccc(-c2cc(-c3ccccc3)nc(-c3cccc(-c4cccc(-c5ccc6c(c5)C(c5ccccc5)(c5ccccc5)c5ccccc5-6)c4)c3)n2)cc1. The molecule has 0 saturated heterocycles. The smallest absolute Gasteiger partial charge is 0.160 e. The van der Waals surface area contributed by atoms with Gasteiger partial charge in [-0.25, -0.2) is 9.97 Å². The van der Waals surface area contributed by atoms with E-state index < -0.39 is 5.41 Å². The highest BCUT2D eigenvalue weighted by molar-refractivity contribution is 5.89. The van der Waals surface area contributed by atoms with Gasteiger partial charge < -0.3 is 0 Å². The molecule has 1 aliphatic carbocycles. The molecule has 258 valence electrons. The van der Waals surface area contributed by atoms with Gasteiger partial charge in [0.05, 0.1) is 16.8 Å². The van der Waals surface area contributed by atoms with Crippen LogP contribution in [-0.4, -0.2) is 9.97 Å². The lowest BCUT2D eigenvalue weighted by atomic mass is 9.67. The highest BCUT2D eigenvalue weighted by Crippen LogP contribution is 2.56. The van der Waals surface area contributed by atoms with Crippen molar-refractivity contribution in [3.63, 3.8) is 0 Å². The maximum Gasteiger partial charge on any atom is 0.160 e. The summed E-state index contributed by atoms with van der Waals surface area (Å²) in [4.78, 5) is 10.2. The first kappa shape index (κ1) is 32.5. The van der Waals surface area contributed by atoms with Crippen LogP contribution in [0.5, 0.6) is 0 Å². The molecule has 0 fully saturated rings. The third-order valence-electron chi connectivity index (χ3n) is 11.0. The number of benzene rings is 8. The van der Waals surface area contributed by atoms with Gasteiger partial charge in [-0.2, -0.15) is 0 Å². The van der Waals surface area contributed by atoms with Crippen molar-refractivity contribution in [3.05, 3.63) is 241 Å². The van der Waals surface area contributed by atoms with Crippen molar-refractivity contribution in [2.45, 2.75) is 5.41 Å². The van der Waals surface area contributed by atoms with E-state index in [1.54, 1.807) is 0 Å². The Morgan fingerprint density at radius 2 is 0.691 bits per heavy atom. The Morgan fingerprint density at radius 1 is 0.273 bits per heavy atom. The fourth-order valence-electron chi connectivity index (χ4n) is 8.43. The molecule has 0 unspecified atom stereocenters. The Morgan fingerprint density at radius 3 is 1.25 bits per heavy atom. The molecule has 10 rings (SSSR count). The predicted octanol–water partition coefficient (Wildman–Crippen LogP) is 13.2. The highest BCUT2D eigenvalue weighted by Gasteiger charge is 2.46. The van der Waals surface area contributed by atoms with E-state index in [4.69, 9.17) is 9.97 Å². The van der Waals surface area contributed by atoms with Gasteiger partial charge in [-0.05, 0) is 79.9 Å². The Bertz CT molecular complexity index is 2700. The van der Waals surface area contributed by atoms with E-state index in [2.05, 4.69) is 206 Å². The van der Waals surface area contributed by atoms with Gasteiger partial charge in [0.2, 0.25) is 0 Å². The van der Waals surface area contributed by atoms with Crippen LogP contribution in [0, 0.1) is 0 Å². The molecule has 0 saturated carbocycles. The van der Waals surface area contributed by atoms with E-state index >= 15 is 0 Å². The zero-order valence-corrected chi connectivity index (χ0v) is 30.2. The number of hydrogen-bond acceptors (Lipinski definition) is 2. The number of aromatic nitrogens is 2. The van der Waals surface area contributed by atoms with Gasteiger partial charge in [0.1, 0.15) is 0 Å². The Kier molecular flexibility index (Phi) is 8.08. The van der Waals surface area contributed by atoms with Crippen LogP contribution in [0.15, 0.2) is 218 Å². The van der Waals surface area contributed by atoms with Crippen LogP contribution in [0.3, 0.4) is 0 Å². The predicted molar refractivity (Wildman–Crippen MR) is 227 cm³/mol. The van der Waals surface area contributed by atoms with Crippen molar-refractivity contribution >= 4 is 0 Å². The summed E-state index contributed by atoms with van der Waals surface area (Å²) in [5.74, 6) is 0.703. The van der Waals surface area contributed by atoms with Gasteiger partial charge >= 0.3 is 0 Å². The standard InChI is InChI=1S/C53H36N2/c1-5-17-37(18-6-1)50-36-51(38-19-7-2-8-20-38)55-52(54-50)43-24-16-23-41(34-43)39-21-15-22-40(33-39)42-31-32-47-46-29-13-14-30-48(46)53(49(47)35-42,44-25-9-3-10-26-44)45-27-11-4-12-28-45/h1-36H. The maximum atomic E-state index is 5.10. The second-order valence-electron chi connectivity index (χ2n) is 14.1. The summed E-state index contributed by atoms with van der Waals surface area (Å²) in [6.45, 7) is 0. The molecule has 0 N–H and O–H groups in total. The third-order valence-corrected chi connectivity index (χ3v) is 11.0. The van der Waals surface area contributed by atoms with Crippen molar-refractivity contribution in [1.29, 1.82) is 0 Å². The van der Waals surface area contributed by atoms with Crippen LogP contribution in [0.2, 0.25) is 0 Å². The maximum absolute atomic E-state index is 5.10. The van der Waals surface area contributed by atoms with E-state index in [1.807, 2.05) is 12.1 Å². The van der Waals surface area contributed by atoms with E-state index in [-0.39, 0.29) is 0 Å². The molecular formula is C53H36N2. The van der Waals surface area contributed by atoms with Gasteiger partial charge in [-0.15, -0.1) is 0 Å². The van der Waals surface area contributed by atoms with Gasteiger partial charge in [-0.1, -0.05) is 194 Å². The van der Waals surface area contributed by atoms with Crippen LogP contribution in [0.4, 0.5) is 0 Å². The first-order valence-corrected chi connectivity index (χ1v) is 18.8. The zero-order chi connectivity index (χ0) is 36.6. The summed E-state index contributed by atoms with van der Waals surface area (Å²) in [7, 11) is 0. The molecule has 0 atom stereocenters. The van der Waals surface area contributed by atoms with Crippen molar-refractivity contribution < 1.29 is 0 Å². The lowest BCUT2D eigenvalue weighted by Crippen LogP contribution is -2.28. The molecule has 55 heavy (non-hydrogen) atoms. The summed E-state index contributed by atoms with van der Waals surface area (Å²) in [5, 5.41) is 0. The minimum Gasteiger partial charge on any atom is -0.228 e. The molecule has 0 aliphatic heterocycles. The molecule has 8 aromatic carbocycles. The lowest BCUT2D eigenvalue weighted by Gasteiger charge is -2.34. The van der Waals surface area contributed by atoms with Crippen LogP contribution < -0.4 is 0 Å². The van der Waals surface area contributed by atoms with Gasteiger partial charge in [0.15, 0.2) is 5.82 Å². The minimum absolute atomic E-state index is 0.441. The highest BCUT2D eigenvalue weighted by atomic mass is 14.9. The summed E-state index contributed by atoms with van der Waals surface area (Å²) in [5.41, 5.74) is 16.8. The Hall–Kier alpha value is -7.16. The molecule has 1 heterocycles. The first-order valence-electron chi connectivity index (χ1n) is 18.8. The number of fused-ring (bicyclic) bond motifs is 3. The van der Waals surface area contributed by atoms with Crippen LogP contribution >= 0.6 is 0 Å². The molecule has 9 aromatic rings. The topological polar surface area (TPSA) is 25.8 Å². The molecule has 0 bridgehead atoms. The molecule has 1 aromatic heterocycles. The van der Waals surface area contributed by atoms with Gasteiger partial charge in [-0.3, -0.25) is 0 Å². The van der Waals surface area contributed by atoms with E-state index in [0.29, 0.717) is 5.82 Å². The second-order valence-corrected chi connectivity index (χ2v) is 14.1. The van der Waals surface area contributed by atoms with E-state index in [9.17, 15) is 0 Å². The molecule has 1 aliphatic rings. The normalized spacial score (nSPS) is 12.5. The van der Waals surface area contributed by atoms with Crippen LogP contribution in [0.1, 0.15) is 22.3 Å². The quantitative estimate of drug-likeness (QED) is 0.165. The van der Waals surface area contributed by atoms with Crippen molar-refractivity contribution in [3.8, 4) is 67.3 Å². The van der Waals surface area contributed by atoms with Crippen LogP contribution in [0.25, 0.3) is 67.3 Å².